The number of rotatable bonds is 3. The zero-order chi connectivity index (χ0) is 20.5. The molecule has 4 rings (SSSR count). The summed E-state index contributed by atoms with van der Waals surface area (Å²) in [4.78, 5) is 33.4. The smallest absolute Gasteiger partial charge is 0.266 e. The fourth-order valence-electron chi connectivity index (χ4n) is 3.41. The number of aryl methyl sites for hydroxylation is 2. The van der Waals surface area contributed by atoms with Crippen molar-refractivity contribution in [3.8, 4) is 0 Å². The highest BCUT2D eigenvalue weighted by molar-refractivity contribution is 7.21. The number of carbonyl (C=O) groups is 2. The minimum Gasteiger partial charge on any atom is -0.378 e. The van der Waals surface area contributed by atoms with E-state index in [-0.39, 0.29) is 5.91 Å². The second kappa shape index (κ2) is 7.88. The van der Waals surface area contributed by atoms with Gasteiger partial charge in [-0.05, 0) is 49.7 Å². The molecule has 0 radical (unpaired) electrons. The molecule has 1 aromatic carbocycles. The molecular formula is C21H20FN3O3S. The molecule has 2 aromatic heterocycles. The molecule has 0 atom stereocenters. The van der Waals surface area contributed by atoms with E-state index in [1.165, 1.54) is 35.6 Å². The highest BCUT2D eigenvalue weighted by Gasteiger charge is 2.27. The molecule has 29 heavy (non-hydrogen) atoms. The van der Waals surface area contributed by atoms with Crippen molar-refractivity contribution in [1.29, 1.82) is 0 Å². The molecule has 1 aliphatic heterocycles. The van der Waals surface area contributed by atoms with Crippen molar-refractivity contribution in [1.82, 2.24) is 9.88 Å². The van der Waals surface area contributed by atoms with Crippen LogP contribution in [0.15, 0.2) is 30.3 Å². The Labute approximate surface area is 171 Å². The van der Waals surface area contributed by atoms with E-state index < -0.39 is 11.7 Å². The van der Waals surface area contributed by atoms with Crippen LogP contribution in [-0.2, 0) is 4.74 Å². The van der Waals surface area contributed by atoms with E-state index in [1.54, 1.807) is 4.90 Å². The normalized spacial score (nSPS) is 14.2. The fraction of sp³-hybridized carbons (Fsp3) is 0.286. The van der Waals surface area contributed by atoms with Crippen molar-refractivity contribution in [2.24, 2.45) is 0 Å². The Bertz CT molecular complexity index is 1090. The number of halogens is 1. The molecule has 8 heteroatoms. The summed E-state index contributed by atoms with van der Waals surface area (Å²) in [6.45, 7) is 5.81. The Morgan fingerprint density at radius 1 is 1.17 bits per heavy atom. The lowest BCUT2D eigenvalue weighted by molar-refractivity contribution is 0.0307. The Morgan fingerprint density at radius 3 is 2.55 bits per heavy atom. The van der Waals surface area contributed by atoms with Gasteiger partial charge in [0.2, 0.25) is 0 Å². The maximum absolute atomic E-state index is 13.2. The van der Waals surface area contributed by atoms with Crippen LogP contribution in [0.3, 0.4) is 0 Å². The molecule has 0 unspecified atom stereocenters. The van der Waals surface area contributed by atoms with Crippen LogP contribution < -0.4 is 5.32 Å². The first-order valence-electron chi connectivity index (χ1n) is 9.28. The molecule has 1 aliphatic rings. The Hall–Kier alpha value is -2.84. The average molecular weight is 413 g/mol. The fourth-order valence-corrected chi connectivity index (χ4v) is 4.63. The molecule has 3 heterocycles. The third kappa shape index (κ3) is 3.86. The number of hydrogen-bond acceptors (Lipinski definition) is 5. The first kappa shape index (κ1) is 19.5. The number of aromatic nitrogens is 1. The van der Waals surface area contributed by atoms with Gasteiger partial charge >= 0.3 is 0 Å². The molecule has 1 N–H and O–H groups in total. The maximum Gasteiger partial charge on any atom is 0.266 e. The molecule has 0 saturated carbocycles. The van der Waals surface area contributed by atoms with Gasteiger partial charge in [-0.15, -0.1) is 11.3 Å². The molecule has 6 nitrogen and oxygen atoms in total. The molecule has 0 spiro atoms. The molecule has 1 fully saturated rings. The number of nitrogens with one attached hydrogen (secondary N) is 1. The van der Waals surface area contributed by atoms with Gasteiger partial charge in [-0.25, -0.2) is 9.37 Å². The van der Waals surface area contributed by atoms with E-state index in [2.05, 4.69) is 10.3 Å². The monoisotopic (exact) mass is 413 g/mol. The molecule has 150 valence electrons. The summed E-state index contributed by atoms with van der Waals surface area (Å²) in [7, 11) is 0. The second-order valence-electron chi connectivity index (χ2n) is 6.93. The lowest BCUT2D eigenvalue weighted by Gasteiger charge is -2.26. The van der Waals surface area contributed by atoms with Gasteiger partial charge in [-0.1, -0.05) is 0 Å². The third-order valence-corrected chi connectivity index (χ3v) is 5.90. The molecular weight excluding hydrogens is 393 g/mol. The number of ether oxygens (including phenoxy) is 1. The van der Waals surface area contributed by atoms with Crippen LogP contribution in [0, 0.1) is 19.7 Å². The van der Waals surface area contributed by atoms with Crippen LogP contribution >= 0.6 is 11.3 Å². The first-order chi connectivity index (χ1) is 13.9. The van der Waals surface area contributed by atoms with Gasteiger partial charge in [-0.3, -0.25) is 9.59 Å². The van der Waals surface area contributed by atoms with E-state index in [9.17, 15) is 14.0 Å². The number of fused-ring (bicyclic) bond motifs is 1. The van der Waals surface area contributed by atoms with Gasteiger partial charge in [0.15, 0.2) is 0 Å². The predicted octanol–water partition coefficient (Wildman–Crippen LogP) is 3.78. The quantitative estimate of drug-likeness (QED) is 0.709. The van der Waals surface area contributed by atoms with Crippen LogP contribution in [-0.4, -0.2) is 48.0 Å². The number of anilines is 1. The van der Waals surface area contributed by atoms with Gasteiger partial charge < -0.3 is 15.0 Å². The average Bonchev–Trinajstić information content (AvgIpc) is 3.06. The van der Waals surface area contributed by atoms with Crippen molar-refractivity contribution in [2.45, 2.75) is 13.8 Å². The number of amides is 2. The predicted molar refractivity (Wildman–Crippen MR) is 110 cm³/mol. The summed E-state index contributed by atoms with van der Waals surface area (Å²) in [5, 5.41) is 3.64. The summed E-state index contributed by atoms with van der Waals surface area (Å²) in [6, 6.07) is 7.22. The van der Waals surface area contributed by atoms with Gasteiger partial charge in [0, 0.05) is 29.7 Å². The summed E-state index contributed by atoms with van der Waals surface area (Å²) < 4.78 is 18.5. The van der Waals surface area contributed by atoms with Crippen LogP contribution in [0.2, 0.25) is 0 Å². The molecule has 0 bridgehead atoms. The third-order valence-electron chi connectivity index (χ3n) is 4.82. The topological polar surface area (TPSA) is 71.5 Å². The van der Waals surface area contributed by atoms with E-state index >= 15 is 0 Å². The Balaban J connectivity index is 1.78. The number of carbonyl (C=O) groups excluding carboxylic acids is 2. The summed E-state index contributed by atoms with van der Waals surface area (Å²) >= 11 is 1.28. The van der Waals surface area contributed by atoms with E-state index in [1.807, 2.05) is 19.9 Å². The van der Waals surface area contributed by atoms with Crippen LogP contribution in [0.1, 0.15) is 31.3 Å². The number of hydrogen-bond donors (Lipinski definition) is 1. The Morgan fingerprint density at radius 2 is 1.86 bits per heavy atom. The van der Waals surface area contributed by atoms with Crippen molar-refractivity contribution in [3.63, 3.8) is 0 Å². The zero-order valence-electron chi connectivity index (χ0n) is 16.1. The SMILES string of the molecule is Cc1cc(C)c2c(NC(=O)c3ccc(F)cc3)c(C(=O)N3CCOCC3)sc2n1. The molecule has 2 amide bonds. The maximum atomic E-state index is 13.2. The summed E-state index contributed by atoms with van der Waals surface area (Å²) in [6.07, 6.45) is 0. The van der Waals surface area contributed by atoms with Crippen molar-refractivity contribution in [2.75, 3.05) is 31.6 Å². The number of benzene rings is 1. The van der Waals surface area contributed by atoms with Crippen LogP contribution in [0.5, 0.6) is 0 Å². The zero-order valence-corrected chi connectivity index (χ0v) is 16.9. The molecule has 0 aliphatic carbocycles. The van der Waals surface area contributed by atoms with E-state index in [4.69, 9.17) is 4.74 Å². The van der Waals surface area contributed by atoms with Gasteiger partial charge in [0.25, 0.3) is 11.8 Å². The van der Waals surface area contributed by atoms with Crippen LogP contribution in [0.25, 0.3) is 10.2 Å². The lowest BCUT2D eigenvalue weighted by atomic mass is 10.1. The second-order valence-corrected chi connectivity index (χ2v) is 7.93. The van der Waals surface area contributed by atoms with Crippen molar-refractivity contribution >= 4 is 39.1 Å². The van der Waals surface area contributed by atoms with E-state index in [0.717, 1.165) is 16.6 Å². The Kier molecular flexibility index (Phi) is 5.29. The minimum atomic E-state index is -0.416. The van der Waals surface area contributed by atoms with Gasteiger partial charge in [-0.2, -0.15) is 0 Å². The van der Waals surface area contributed by atoms with Gasteiger partial charge in [0.05, 0.1) is 18.9 Å². The largest absolute Gasteiger partial charge is 0.378 e. The number of nitrogens with zero attached hydrogens (tertiary/aromatic N) is 2. The summed E-state index contributed by atoms with van der Waals surface area (Å²) in [5.41, 5.74) is 2.55. The highest BCUT2D eigenvalue weighted by atomic mass is 32.1. The van der Waals surface area contributed by atoms with Crippen LogP contribution in [0.4, 0.5) is 10.1 Å². The summed E-state index contributed by atoms with van der Waals surface area (Å²) in [5.74, 6) is -0.968. The highest BCUT2D eigenvalue weighted by Crippen LogP contribution is 2.38. The first-order valence-corrected chi connectivity index (χ1v) is 10.1. The standard InChI is InChI=1S/C21H20FN3O3S/c1-12-11-13(2)23-20-16(12)17(24-19(26)14-3-5-15(22)6-4-14)18(29-20)21(27)25-7-9-28-10-8-25/h3-6,11H,7-10H2,1-2H3,(H,24,26). The lowest BCUT2D eigenvalue weighted by Crippen LogP contribution is -2.40. The van der Waals surface area contributed by atoms with Crippen molar-refractivity contribution in [3.05, 3.63) is 57.8 Å². The minimum absolute atomic E-state index is 0.150. The molecule has 1 saturated heterocycles. The molecule has 3 aromatic rings. The number of thiophene rings is 1. The number of morpholine rings is 1. The van der Waals surface area contributed by atoms with Crippen molar-refractivity contribution < 1.29 is 18.7 Å². The van der Waals surface area contributed by atoms with E-state index in [0.29, 0.717) is 47.3 Å². The number of pyridine rings is 1. The van der Waals surface area contributed by atoms with Gasteiger partial charge in [0.1, 0.15) is 15.5 Å².